The van der Waals surface area contributed by atoms with Crippen molar-refractivity contribution in [1.82, 2.24) is 0 Å². The third kappa shape index (κ3) is 18.7. The van der Waals surface area contributed by atoms with Crippen LogP contribution in [0.3, 0.4) is 0 Å². The zero-order chi connectivity index (χ0) is 29.3. The molecule has 0 aromatic rings. The molecule has 10 heteroatoms. The zero-order valence-corrected chi connectivity index (χ0v) is 23.8. The van der Waals surface area contributed by atoms with Crippen LogP contribution in [0.1, 0.15) is 106 Å². The van der Waals surface area contributed by atoms with Gasteiger partial charge >= 0.3 is 24.1 Å². The van der Waals surface area contributed by atoms with Crippen LogP contribution < -0.4 is 0 Å². The minimum Gasteiger partial charge on any atom is -0.469 e. The Kier molecular flexibility index (Phi) is 18.2. The number of halogens is 3. The van der Waals surface area contributed by atoms with Gasteiger partial charge in [0, 0.05) is 31.1 Å². The van der Waals surface area contributed by atoms with Crippen molar-refractivity contribution >= 4 is 23.7 Å². The van der Waals surface area contributed by atoms with Crippen LogP contribution in [-0.4, -0.2) is 50.2 Å². The average molecular weight is 541 g/mol. The highest BCUT2D eigenvalue weighted by Gasteiger charge is 2.29. The molecule has 218 valence electrons. The van der Waals surface area contributed by atoms with Gasteiger partial charge in [-0.05, 0) is 46.0 Å². The maximum Gasteiger partial charge on any atom is 0.389 e. The first-order valence-corrected chi connectivity index (χ1v) is 12.9. The minimum absolute atomic E-state index is 0.0281. The number of carbonyl (C=O) groups excluding carboxylic acids is 4. The van der Waals surface area contributed by atoms with Crippen LogP contribution in [0.15, 0.2) is 0 Å². The molecule has 7 nitrogen and oxygen atoms in total. The number of Topliss-reactive ketones (excluding diaryl/α,β-unsaturated/α-hetero) is 1. The molecule has 0 radical (unpaired) electrons. The van der Waals surface area contributed by atoms with Gasteiger partial charge in [0.2, 0.25) is 0 Å². The van der Waals surface area contributed by atoms with Crippen molar-refractivity contribution in [1.29, 1.82) is 0 Å². The van der Waals surface area contributed by atoms with Gasteiger partial charge in [0.25, 0.3) is 0 Å². The van der Waals surface area contributed by atoms with E-state index in [-0.39, 0.29) is 62.1 Å². The highest BCUT2D eigenvalue weighted by atomic mass is 19.4. The molecule has 0 heterocycles. The number of hydrogen-bond acceptors (Lipinski definition) is 7. The molecule has 0 N–H and O–H groups in total. The van der Waals surface area contributed by atoms with Gasteiger partial charge in [-0.2, -0.15) is 13.2 Å². The molecule has 0 bridgehead atoms. The van der Waals surface area contributed by atoms with Gasteiger partial charge in [-0.25, -0.2) is 0 Å². The molecular weight excluding hydrogens is 493 g/mol. The van der Waals surface area contributed by atoms with E-state index >= 15 is 0 Å². The Morgan fingerprint density at radius 2 is 1.32 bits per heavy atom. The summed E-state index contributed by atoms with van der Waals surface area (Å²) in [5.41, 5.74) is -0.960. The van der Waals surface area contributed by atoms with E-state index in [0.717, 1.165) is 0 Å². The van der Waals surface area contributed by atoms with Gasteiger partial charge in [-0.1, -0.05) is 34.6 Å². The molecular formula is C27H47F3O7. The SMILES string of the molecule is CCC(C)(C)C(=O)CCCC(F)(F)F.CCC(C)(C)C(=O)OCCCOC(=O)CCCC(C)C(=O)OC. The van der Waals surface area contributed by atoms with Crippen LogP contribution in [-0.2, 0) is 33.4 Å². The van der Waals surface area contributed by atoms with Gasteiger partial charge in [-0.15, -0.1) is 0 Å². The fourth-order valence-corrected chi connectivity index (χ4v) is 2.68. The number of alkyl halides is 3. The maximum atomic E-state index is 11.8. The Morgan fingerprint density at radius 3 is 1.81 bits per heavy atom. The monoisotopic (exact) mass is 540 g/mol. The predicted octanol–water partition coefficient (Wildman–Crippen LogP) is 6.60. The summed E-state index contributed by atoms with van der Waals surface area (Å²) in [6, 6.07) is 0. The van der Waals surface area contributed by atoms with Crippen molar-refractivity contribution in [3.8, 4) is 0 Å². The van der Waals surface area contributed by atoms with E-state index in [2.05, 4.69) is 4.74 Å². The molecule has 0 aliphatic carbocycles. The Balaban J connectivity index is 0. The Bertz CT molecular complexity index is 701. The second-order valence-electron chi connectivity index (χ2n) is 10.4. The van der Waals surface area contributed by atoms with Gasteiger partial charge in [0.15, 0.2) is 0 Å². The zero-order valence-electron chi connectivity index (χ0n) is 23.8. The lowest BCUT2D eigenvalue weighted by molar-refractivity contribution is -0.155. The van der Waals surface area contributed by atoms with E-state index in [0.29, 0.717) is 32.1 Å². The van der Waals surface area contributed by atoms with E-state index in [9.17, 15) is 32.3 Å². The third-order valence-corrected chi connectivity index (χ3v) is 6.35. The molecule has 0 rings (SSSR count). The highest BCUT2D eigenvalue weighted by Crippen LogP contribution is 2.27. The lowest BCUT2D eigenvalue weighted by Gasteiger charge is -2.20. The molecule has 0 spiro atoms. The molecule has 0 aliphatic rings. The number of carbonyl (C=O) groups is 4. The summed E-state index contributed by atoms with van der Waals surface area (Å²) in [5, 5.41) is 0. The summed E-state index contributed by atoms with van der Waals surface area (Å²) in [5.74, 6) is -1.10. The van der Waals surface area contributed by atoms with Crippen molar-refractivity contribution in [2.75, 3.05) is 20.3 Å². The van der Waals surface area contributed by atoms with E-state index in [4.69, 9.17) is 9.47 Å². The lowest BCUT2D eigenvalue weighted by atomic mass is 9.83. The van der Waals surface area contributed by atoms with Crippen LogP contribution >= 0.6 is 0 Å². The standard InChI is InChI=1S/C17H30O6.C10H17F3O/c1-6-17(3,4)16(20)23-12-8-11-22-14(18)10-7-9-13(2)15(19)21-5;1-4-9(2,3)8(14)6-5-7-10(11,12)13/h13H,6-12H2,1-5H3;4-7H2,1-3H3. The van der Waals surface area contributed by atoms with Crippen molar-refractivity contribution in [3.05, 3.63) is 0 Å². The van der Waals surface area contributed by atoms with E-state index in [1.54, 1.807) is 20.8 Å². The first-order valence-electron chi connectivity index (χ1n) is 12.9. The Morgan fingerprint density at radius 1 is 0.784 bits per heavy atom. The van der Waals surface area contributed by atoms with Gasteiger partial charge in [0.05, 0.1) is 31.7 Å². The molecule has 0 aromatic heterocycles. The fourth-order valence-electron chi connectivity index (χ4n) is 2.68. The second kappa shape index (κ2) is 18.2. The number of ketones is 1. The van der Waals surface area contributed by atoms with E-state index < -0.39 is 23.4 Å². The van der Waals surface area contributed by atoms with Crippen LogP contribution in [0, 0.1) is 16.7 Å². The smallest absolute Gasteiger partial charge is 0.389 e. The molecule has 0 fully saturated rings. The summed E-state index contributed by atoms with van der Waals surface area (Å²) in [4.78, 5) is 45.8. The average Bonchev–Trinajstić information content (AvgIpc) is 2.82. The van der Waals surface area contributed by atoms with Crippen LogP contribution in [0.4, 0.5) is 13.2 Å². The third-order valence-electron chi connectivity index (χ3n) is 6.35. The molecule has 0 aromatic carbocycles. The van der Waals surface area contributed by atoms with E-state index in [1.165, 1.54) is 7.11 Å². The number of esters is 3. The predicted molar refractivity (Wildman–Crippen MR) is 135 cm³/mol. The first kappa shape index (κ1) is 37.0. The normalized spacial score (nSPS) is 12.6. The van der Waals surface area contributed by atoms with Crippen molar-refractivity contribution in [3.63, 3.8) is 0 Å². The summed E-state index contributed by atoms with van der Waals surface area (Å²) in [6.45, 7) is 13.2. The molecule has 1 atom stereocenters. The summed E-state index contributed by atoms with van der Waals surface area (Å²) in [7, 11) is 1.35. The number of hydrogen-bond donors (Lipinski definition) is 0. The molecule has 37 heavy (non-hydrogen) atoms. The highest BCUT2D eigenvalue weighted by molar-refractivity contribution is 5.83. The van der Waals surface area contributed by atoms with Crippen LogP contribution in [0.25, 0.3) is 0 Å². The van der Waals surface area contributed by atoms with Gasteiger partial charge in [-0.3, -0.25) is 19.2 Å². The molecule has 0 saturated carbocycles. The fraction of sp³-hybridized carbons (Fsp3) is 0.852. The van der Waals surface area contributed by atoms with Crippen molar-refractivity contribution in [2.24, 2.45) is 16.7 Å². The van der Waals surface area contributed by atoms with Gasteiger partial charge < -0.3 is 14.2 Å². The minimum atomic E-state index is -4.14. The van der Waals surface area contributed by atoms with Crippen LogP contribution in [0.2, 0.25) is 0 Å². The Labute approximate surface area is 220 Å². The molecule has 0 saturated heterocycles. The quantitative estimate of drug-likeness (QED) is 0.124. The molecule has 0 aliphatic heterocycles. The van der Waals surface area contributed by atoms with Crippen molar-refractivity contribution in [2.45, 2.75) is 112 Å². The van der Waals surface area contributed by atoms with Crippen LogP contribution in [0.5, 0.6) is 0 Å². The summed E-state index contributed by atoms with van der Waals surface area (Å²) >= 11 is 0. The Hall–Kier alpha value is -2.13. The number of rotatable bonds is 16. The summed E-state index contributed by atoms with van der Waals surface area (Å²) in [6.07, 6.45) is -1.77. The molecule has 1 unspecified atom stereocenters. The number of methoxy groups -OCH3 is 1. The second-order valence-corrected chi connectivity index (χ2v) is 10.4. The molecule has 0 amide bonds. The maximum absolute atomic E-state index is 11.8. The topological polar surface area (TPSA) is 96.0 Å². The summed E-state index contributed by atoms with van der Waals surface area (Å²) < 4.78 is 50.1. The number of ether oxygens (including phenoxy) is 3. The van der Waals surface area contributed by atoms with Crippen molar-refractivity contribution < 1.29 is 46.6 Å². The first-order chi connectivity index (χ1) is 16.9. The lowest BCUT2D eigenvalue weighted by Crippen LogP contribution is -2.26. The van der Waals surface area contributed by atoms with Gasteiger partial charge in [0.1, 0.15) is 5.78 Å². The largest absolute Gasteiger partial charge is 0.469 e. The van der Waals surface area contributed by atoms with E-state index in [1.807, 2.05) is 27.7 Å².